The van der Waals surface area contributed by atoms with Gasteiger partial charge in [0.25, 0.3) is 0 Å². The molecule has 0 heterocycles. The Hall–Kier alpha value is -0.620. The Labute approximate surface area is 127 Å². The van der Waals surface area contributed by atoms with Gasteiger partial charge in [-0.25, -0.2) is 0 Å². The average Bonchev–Trinajstić information content (AvgIpc) is 2.40. The lowest BCUT2D eigenvalue weighted by molar-refractivity contribution is 0.104. The lowest BCUT2D eigenvalue weighted by Crippen LogP contribution is -2.37. The largest absolute Gasteiger partial charge is 0.491 e. The first-order valence-electron chi connectivity index (χ1n) is 6.57. The zero-order valence-electron chi connectivity index (χ0n) is 11.8. The normalized spacial score (nSPS) is 15.6. The topological polar surface area (TPSA) is 58.6 Å². The van der Waals surface area contributed by atoms with Crippen molar-refractivity contribution < 1.29 is 14.1 Å². The SMILES string of the molecule is CC(CCS(C)=O)NCC(O)COc1cccc(Cl)c1. The summed E-state index contributed by atoms with van der Waals surface area (Å²) in [7, 11) is -0.771. The molecule has 0 aliphatic carbocycles. The summed E-state index contributed by atoms with van der Waals surface area (Å²) in [6.45, 7) is 2.66. The minimum Gasteiger partial charge on any atom is -0.491 e. The molecular formula is C14H22ClNO3S. The third kappa shape index (κ3) is 7.85. The minimum atomic E-state index is -0.771. The van der Waals surface area contributed by atoms with Gasteiger partial charge in [0.15, 0.2) is 0 Å². The average molecular weight is 320 g/mol. The van der Waals surface area contributed by atoms with Crippen LogP contribution in [-0.2, 0) is 10.8 Å². The van der Waals surface area contributed by atoms with E-state index in [4.69, 9.17) is 16.3 Å². The molecule has 6 heteroatoms. The molecular weight excluding hydrogens is 298 g/mol. The van der Waals surface area contributed by atoms with Gasteiger partial charge in [-0.05, 0) is 31.5 Å². The van der Waals surface area contributed by atoms with Crippen LogP contribution in [0, 0.1) is 0 Å². The van der Waals surface area contributed by atoms with Gasteiger partial charge in [0, 0.05) is 40.4 Å². The zero-order valence-corrected chi connectivity index (χ0v) is 13.4. The quantitative estimate of drug-likeness (QED) is 0.729. The number of hydrogen-bond donors (Lipinski definition) is 2. The van der Waals surface area contributed by atoms with Gasteiger partial charge in [-0.15, -0.1) is 0 Å². The Kier molecular flexibility index (Phi) is 8.14. The Morgan fingerprint density at radius 3 is 2.90 bits per heavy atom. The number of benzene rings is 1. The van der Waals surface area contributed by atoms with Crippen molar-refractivity contribution in [2.75, 3.05) is 25.2 Å². The second-order valence-electron chi connectivity index (χ2n) is 4.80. The van der Waals surface area contributed by atoms with Crippen molar-refractivity contribution >= 4 is 22.4 Å². The zero-order chi connectivity index (χ0) is 15.0. The Balaban J connectivity index is 2.20. The number of hydrogen-bond acceptors (Lipinski definition) is 4. The Morgan fingerprint density at radius 2 is 2.25 bits per heavy atom. The Bertz CT molecular complexity index is 431. The summed E-state index contributed by atoms with van der Waals surface area (Å²) < 4.78 is 16.4. The van der Waals surface area contributed by atoms with Crippen LogP contribution < -0.4 is 10.1 Å². The molecule has 3 unspecified atom stereocenters. The van der Waals surface area contributed by atoms with E-state index in [0.717, 1.165) is 6.42 Å². The van der Waals surface area contributed by atoms with Crippen molar-refractivity contribution in [2.24, 2.45) is 0 Å². The van der Waals surface area contributed by atoms with Crippen LogP contribution in [0.2, 0.25) is 5.02 Å². The molecule has 0 saturated heterocycles. The monoisotopic (exact) mass is 319 g/mol. The number of rotatable bonds is 9. The summed E-state index contributed by atoms with van der Waals surface area (Å²) in [5.41, 5.74) is 0. The maximum absolute atomic E-state index is 11.0. The molecule has 0 bridgehead atoms. The van der Waals surface area contributed by atoms with Crippen LogP contribution >= 0.6 is 11.6 Å². The van der Waals surface area contributed by atoms with Gasteiger partial charge in [0.2, 0.25) is 0 Å². The summed E-state index contributed by atoms with van der Waals surface area (Å²) in [6.07, 6.45) is 1.93. The highest BCUT2D eigenvalue weighted by Crippen LogP contribution is 2.17. The Morgan fingerprint density at radius 1 is 1.50 bits per heavy atom. The van der Waals surface area contributed by atoms with Gasteiger partial charge in [-0.1, -0.05) is 17.7 Å². The van der Waals surface area contributed by atoms with Crippen molar-refractivity contribution in [1.82, 2.24) is 5.32 Å². The predicted molar refractivity (Wildman–Crippen MR) is 84.0 cm³/mol. The second-order valence-corrected chi connectivity index (χ2v) is 6.79. The molecule has 0 radical (unpaired) electrons. The van der Waals surface area contributed by atoms with Crippen molar-refractivity contribution in [3.05, 3.63) is 29.3 Å². The first-order valence-corrected chi connectivity index (χ1v) is 8.67. The second kappa shape index (κ2) is 9.34. The van der Waals surface area contributed by atoms with Crippen LogP contribution in [0.5, 0.6) is 5.75 Å². The molecule has 2 N–H and O–H groups in total. The molecule has 0 saturated carbocycles. The molecule has 0 aliphatic rings. The van der Waals surface area contributed by atoms with Gasteiger partial charge in [0.1, 0.15) is 18.5 Å². The maximum atomic E-state index is 11.0. The smallest absolute Gasteiger partial charge is 0.120 e. The highest BCUT2D eigenvalue weighted by atomic mass is 35.5. The third-order valence-electron chi connectivity index (χ3n) is 2.78. The fraction of sp³-hybridized carbons (Fsp3) is 0.571. The molecule has 0 aliphatic heterocycles. The van der Waals surface area contributed by atoms with Crippen molar-refractivity contribution in [3.8, 4) is 5.75 Å². The van der Waals surface area contributed by atoms with Crippen LogP contribution in [0.4, 0.5) is 0 Å². The predicted octanol–water partition coefficient (Wildman–Crippen LogP) is 1.83. The molecule has 1 rings (SSSR count). The third-order valence-corrected chi connectivity index (χ3v) is 3.82. The van der Waals surface area contributed by atoms with Gasteiger partial charge < -0.3 is 15.2 Å². The van der Waals surface area contributed by atoms with E-state index in [1.54, 1.807) is 30.5 Å². The summed E-state index contributed by atoms with van der Waals surface area (Å²) in [5, 5.41) is 13.6. The molecule has 0 amide bonds. The number of ether oxygens (including phenoxy) is 1. The van der Waals surface area contributed by atoms with Gasteiger partial charge in [0.05, 0.1) is 0 Å². The molecule has 114 valence electrons. The molecule has 1 aromatic carbocycles. The van der Waals surface area contributed by atoms with Crippen LogP contribution in [0.25, 0.3) is 0 Å². The van der Waals surface area contributed by atoms with Crippen LogP contribution in [0.3, 0.4) is 0 Å². The van der Waals surface area contributed by atoms with E-state index in [0.29, 0.717) is 23.1 Å². The lowest BCUT2D eigenvalue weighted by atomic mass is 10.2. The molecule has 3 atom stereocenters. The summed E-state index contributed by atoms with van der Waals surface area (Å²) in [6, 6.07) is 7.30. The van der Waals surface area contributed by atoms with Gasteiger partial charge >= 0.3 is 0 Å². The van der Waals surface area contributed by atoms with E-state index >= 15 is 0 Å². The van der Waals surface area contributed by atoms with E-state index in [-0.39, 0.29) is 12.6 Å². The number of halogens is 1. The van der Waals surface area contributed by atoms with E-state index in [2.05, 4.69) is 5.32 Å². The summed E-state index contributed by atoms with van der Waals surface area (Å²) in [5.74, 6) is 1.31. The first kappa shape index (κ1) is 17.4. The summed E-state index contributed by atoms with van der Waals surface area (Å²) in [4.78, 5) is 0. The van der Waals surface area contributed by atoms with Crippen LogP contribution in [-0.4, -0.2) is 46.6 Å². The molecule has 0 fully saturated rings. The van der Waals surface area contributed by atoms with E-state index < -0.39 is 16.9 Å². The first-order chi connectivity index (χ1) is 9.47. The lowest BCUT2D eigenvalue weighted by Gasteiger charge is -2.17. The standard InChI is InChI=1S/C14H22ClNO3S/c1-11(6-7-20(2)18)16-9-13(17)10-19-14-5-3-4-12(15)8-14/h3-5,8,11,13,16-17H,6-7,9-10H2,1-2H3. The fourth-order valence-electron chi connectivity index (χ4n) is 1.59. The van der Waals surface area contributed by atoms with E-state index in [1.165, 1.54) is 0 Å². The minimum absolute atomic E-state index is 0.208. The van der Waals surface area contributed by atoms with E-state index in [1.807, 2.05) is 6.92 Å². The molecule has 0 aromatic heterocycles. The molecule has 1 aromatic rings. The van der Waals surface area contributed by atoms with E-state index in [9.17, 15) is 9.32 Å². The van der Waals surface area contributed by atoms with Crippen LogP contribution in [0.15, 0.2) is 24.3 Å². The molecule has 20 heavy (non-hydrogen) atoms. The fourth-order valence-corrected chi connectivity index (χ4v) is 2.46. The number of aliphatic hydroxyl groups excluding tert-OH is 1. The maximum Gasteiger partial charge on any atom is 0.120 e. The highest BCUT2D eigenvalue weighted by Gasteiger charge is 2.08. The molecule has 0 spiro atoms. The van der Waals surface area contributed by atoms with Gasteiger partial charge in [-0.2, -0.15) is 0 Å². The van der Waals surface area contributed by atoms with Crippen LogP contribution in [0.1, 0.15) is 13.3 Å². The highest BCUT2D eigenvalue weighted by molar-refractivity contribution is 7.84. The summed E-state index contributed by atoms with van der Waals surface area (Å²) >= 11 is 5.84. The van der Waals surface area contributed by atoms with Crippen molar-refractivity contribution in [3.63, 3.8) is 0 Å². The van der Waals surface area contributed by atoms with Crippen molar-refractivity contribution in [2.45, 2.75) is 25.5 Å². The number of nitrogens with one attached hydrogen (secondary N) is 1. The number of aliphatic hydroxyl groups is 1. The van der Waals surface area contributed by atoms with Crippen molar-refractivity contribution in [1.29, 1.82) is 0 Å². The van der Waals surface area contributed by atoms with Gasteiger partial charge in [-0.3, -0.25) is 4.21 Å². The molecule has 4 nitrogen and oxygen atoms in total.